The molecule has 0 saturated carbocycles. The monoisotopic (exact) mass is 319 g/mol. The Balaban J connectivity index is 1.79. The van der Waals surface area contributed by atoms with Gasteiger partial charge in [-0.3, -0.25) is 4.79 Å². The van der Waals surface area contributed by atoms with E-state index < -0.39 is 0 Å². The van der Waals surface area contributed by atoms with Gasteiger partial charge >= 0.3 is 0 Å². The molecule has 2 rings (SSSR count). The number of halogens is 1. The number of rotatable bonds is 3. The third-order valence-corrected chi connectivity index (χ3v) is 5.36. The Hall–Kier alpha value is -0.0000000000000000833. The van der Waals surface area contributed by atoms with Crippen LogP contribution in [0.3, 0.4) is 0 Å². The summed E-state index contributed by atoms with van der Waals surface area (Å²) in [6, 6.07) is 3.78. The fourth-order valence-electron chi connectivity index (χ4n) is 1.71. The van der Waals surface area contributed by atoms with Gasteiger partial charge in [-0.05, 0) is 58.3 Å². The summed E-state index contributed by atoms with van der Waals surface area (Å²) in [7, 11) is 0. The van der Waals surface area contributed by atoms with Crippen molar-refractivity contribution in [3.05, 3.63) is 20.8 Å². The van der Waals surface area contributed by atoms with Gasteiger partial charge < -0.3 is 5.32 Å². The maximum absolute atomic E-state index is 11.8. The van der Waals surface area contributed by atoms with Crippen LogP contribution in [-0.2, 0) is 0 Å². The molecule has 1 N–H and O–H groups in total. The summed E-state index contributed by atoms with van der Waals surface area (Å²) in [6.07, 6.45) is 2.47. The lowest BCUT2D eigenvalue weighted by Crippen LogP contribution is -2.30. The molecule has 1 amide bonds. The van der Waals surface area contributed by atoms with Crippen molar-refractivity contribution < 1.29 is 4.79 Å². The third-order valence-electron chi connectivity index (χ3n) is 2.69. The number of hydrogen-bond acceptors (Lipinski definition) is 3. The molecule has 2 nitrogen and oxygen atoms in total. The quantitative estimate of drug-likeness (QED) is 0.925. The second-order valence-corrected chi connectivity index (χ2v) is 7.56. The van der Waals surface area contributed by atoms with Gasteiger partial charge in [0.25, 0.3) is 5.91 Å². The van der Waals surface area contributed by atoms with Crippen molar-refractivity contribution in [3.8, 4) is 0 Å². The largest absolute Gasteiger partial charge is 0.351 e. The lowest BCUT2D eigenvalue weighted by molar-refractivity contribution is 0.0950. The van der Waals surface area contributed by atoms with E-state index in [0.29, 0.717) is 5.92 Å². The molecule has 2 heterocycles. The van der Waals surface area contributed by atoms with Gasteiger partial charge in [0.2, 0.25) is 0 Å². The Morgan fingerprint density at radius 1 is 1.44 bits per heavy atom. The van der Waals surface area contributed by atoms with E-state index in [1.54, 1.807) is 0 Å². The number of amides is 1. The fourth-order valence-corrected chi connectivity index (χ4v) is 4.22. The molecule has 0 bridgehead atoms. The molecule has 1 aromatic rings. The van der Waals surface area contributed by atoms with Crippen molar-refractivity contribution in [1.29, 1.82) is 0 Å². The second kappa shape index (κ2) is 6.07. The highest BCUT2D eigenvalue weighted by molar-refractivity contribution is 9.11. The van der Waals surface area contributed by atoms with Gasteiger partial charge in [-0.2, -0.15) is 11.8 Å². The first-order chi connectivity index (χ1) is 7.75. The van der Waals surface area contributed by atoms with E-state index in [1.165, 1.54) is 35.7 Å². The van der Waals surface area contributed by atoms with Crippen molar-refractivity contribution in [3.63, 3.8) is 0 Å². The van der Waals surface area contributed by atoms with E-state index in [1.807, 2.05) is 23.9 Å². The van der Waals surface area contributed by atoms with Gasteiger partial charge in [-0.25, -0.2) is 0 Å². The molecule has 1 aliphatic heterocycles. The maximum atomic E-state index is 11.8. The van der Waals surface area contributed by atoms with Crippen LogP contribution in [0.25, 0.3) is 0 Å². The SMILES string of the molecule is O=C(NCC1CCSCC1)c1ccc(Br)s1. The molecule has 16 heavy (non-hydrogen) atoms. The molecule has 0 atom stereocenters. The summed E-state index contributed by atoms with van der Waals surface area (Å²) in [4.78, 5) is 12.6. The van der Waals surface area contributed by atoms with Crippen molar-refractivity contribution in [1.82, 2.24) is 5.32 Å². The zero-order valence-corrected chi connectivity index (χ0v) is 12.1. The normalized spacial score (nSPS) is 17.3. The molecule has 1 aliphatic rings. The van der Waals surface area contributed by atoms with Crippen molar-refractivity contribution in [2.45, 2.75) is 12.8 Å². The van der Waals surface area contributed by atoms with Gasteiger partial charge in [0.1, 0.15) is 0 Å². The Labute approximate surface area is 112 Å². The highest BCUT2D eigenvalue weighted by Gasteiger charge is 2.15. The van der Waals surface area contributed by atoms with Crippen LogP contribution in [0.4, 0.5) is 0 Å². The summed E-state index contributed by atoms with van der Waals surface area (Å²) in [5.41, 5.74) is 0. The molecule has 0 unspecified atom stereocenters. The van der Waals surface area contributed by atoms with Crippen LogP contribution in [0.5, 0.6) is 0 Å². The van der Waals surface area contributed by atoms with E-state index in [2.05, 4.69) is 21.2 Å². The fraction of sp³-hybridized carbons (Fsp3) is 0.545. The molecule has 1 aromatic heterocycles. The first-order valence-corrected chi connectivity index (χ1v) is 8.13. The number of carbonyl (C=O) groups excluding carboxylic acids is 1. The minimum absolute atomic E-state index is 0.0638. The lowest BCUT2D eigenvalue weighted by Gasteiger charge is -2.21. The van der Waals surface area contributed by atoms with E-state index in [0.717, 1.165) is 15.2 Å². The van der Waals surface area contributed by atoms with E-state index in [4.69, 9.17) is 0 Å². The standard InChI is InChI=1S/C11H14BrNOS2/c12-10-2-1-9(16-10)11(14)13-7-8-3-5-15-6-4-8/h1-2,8H,3-7H2,(H,13,14). The highest BCUT2D eigenvalue weighted by atomic mass is 79.9. The predicted octanol–water partition coefficient (Wildman–Crippen LogP) is 3.38. The van der Waals surface area contributed by atoms with Gasteiger partial charge in [0.05, 0.1) is 8.66 Å². The minimum Gasteiger partial charge on any atom is -0.351 e. The molecular formula is C11H14BrNOS2. The zero-order valence-electron chi connectivity index (χ0n) is 8.87. The first-order valence-electron chi connectivity index (χ1n) is 5.37. The van der Waals surface area contributed by atoms with Crippen LogP contribution < -0.4 is 5.32 Å². The average Bonchev–Trinajstić information content (AvgIpc) is 2.74. The number of hydrogen-bond donors (Lipinski definition) is 1. The molecule has 1 fully saturated rings. The van der Waals surface area contributed by atoms with E-state index in [9.17, 15) is 4.79 Å². The van der Waals surface area contributed by atoms with E-state index >= 15 is 0 Å². The smallest absolute Gasteiger partial charge is 0.261 e. The number of thioether (sulfide) groups is 1. The molecule has 0 spiro atoms. The third kappa shape index (κ3) is 3.50. The second-order valence-electron chi connectivity index (χ2n) is 3.87. The first kappa shape index (κ1) is 12.5. The molecular weight excluding hydrogens is 306 g/mol. The number of nitrogens with one attached hydrogen (secondary N) is 1. The van der Waals surface area contributed by atoms with Crippen LogP contribution in [0.15, 0.2) is 15.9 Å². The molecule has 0 radical (unpaired) electrons. The van der Waals surface area contributed by atoms with Crippen LogP contribution in [0.2, 0.25) is 0 Å². The maximum Gasteiger partial charge on any atom is 0.261 e. The van der Waals surface area contributed by atoms with Crippen molar-refractivity contribution in [2.24, 2.45) is 5.92 Å². The number of thiophene rings is 1. The Kier molecular flexibility index (Phi) is 4.73. The Bertz CT molecular complexity index is 361. The average molecular weight is 320 g/mol. The van der Waals surface area contributed by atoms with Crippen LogP contribution in [0, 0.1) is 5.92 Å². The summed E-state index contributed by atoms with van der Waals surface area (Å²) >= 11 is 6.86. The summed E-state index contributed by atoms with van der Waals surface area (Å²) in [6.45, 7) is 0.828. The van der Waals surface area contributed by atoms with Crippen molar-refractivity contribution >= 4 is 44.9 Å². The molecule has 5 heteroatoms. The molecule has 1 saturated heterocycles. The Morgan fingerprint density at radius 2 is 2.19 bits per heavy atom. The lowest BCUT2D eigenvalue weighted by atomic mass is 10.0. The number of carbonyl (C=O) groups is 1. The summed E-state index contributed by atoms with van der Waals surface area (Å²) in [5, 5.41) is 3.02. The minimum atomic E-state index is 0.0638. The highest BCUT2D eigenvalue weighted by Crippen LogP contribution is 2.23. The van der Waals surface area contributed by atoms with Gasteiger partial charge in [0.15, 0.2) is 0 Å². The van der Waals surface area contributed by atoms with Gasteiger partial charge in [-0.15, -0.1) is 11.3 Å². The molecule has 0 aromatic carbocycles. The molecule has 0 aliphatic carbocycles. The topological polar surface area (TPSA) is 29.1 Å². The van der Waals surface area contributed by atoms with Crippen LogP contribution in [-0.4, -0.2) is 24.0 Å². The van der Waals surface area contributed by atoms with Crippen LogP contribution >= 0.6 is 39.0 Å². The zero-order chi connectivity index (χ0) is 11.4. The predicted molar refractivity (Wildman–Crippen MR) is 74.4 cm³/mol. The van der Waals surface area contributed by atoms with Crippen molar-refractivity contribution in [2.75, 3.05) is 18.1 Å². The molecule has 88 valence electrons. The summed E-state index contributed by atoms with van der Waals surface area (Å²) < 4.78 is 1.01. The Morgan fingerprint density at radius 3 is 2.81 bits per heavy atom. The van der Waals surface area contributed by atoms with E-state index in [-0.39, 0.29) is 5.91 Å². The van der Waals surface area contributed by atoms with Gasteiger partial charge in [0, 0.05) is 6.54 Å². The summed E-state index contributed by atoms with van der Waals surface area (Å²) in [5.74, 6) is 3.22. The van der Waals surface area contributed by atoms with Crippen LogP contribution in [0.1, 0.15) is 22.5 Å². The van der Waals surface area contributed by atoms with Gasteiger partial charge in [-0.1, -0.05) is 0 Å².